The third-order valence-electron chi connectivity index (χ3n) is 3.05. The highest BCUT2D eigenvalue weighted by atomic mass is 32.2. The first-order valence-electron chi connectivity index (χ1n) is 6.44. The summed E-state index contributed by atoms with van der Waals surface area (Å²) < 4.78 is 0. The summed E-state index contributed by atoms with van der Waals surface area (Å²) in [5.41, 5.74) is 3.00. The van der Waals surface area contributed by atoms with Crippen LogP contribution in [0, 0.1) is 12.3 Å². The van der Waals surface area contributed by atoms with Crippen molar-refractivity contribution in [2.24, 2.45) is 0 Å². The number of rotatable bonds is 4. The van der Waals surface area contributed by atoms with Crippen molar-refractivity contribution in [2.45, 2.75) is 5.16 Å². The van der Waals surface area contributed by atoms with Gasteiger partial charge in [0, 0.05) is 11.1 Å². The highest BCUT2D eigenvalue weighted by Crippen LogP contribution is 2.21. The molecule has 102 valence electrons. The predicted molar refractivity (Wildman–Crippen MR) is 85.5 cm³/mol. The molecule has 0 aliphatic heterocycles. The molecule has 3 rings (SSSR count). The summed E-state index contributed by atoms with van der Waals surface area (Å²) in [7, 11) is 0. The van der Waals surface area contributed by atoms with Crippen LogP contribution in [0.4, 0.5) is 0 Å². The van der Waals surface area contributed by atoms with Crippen molar-refractivity contribution >= 4 is 28.6 Å². The van der Waals surface area contributed by atoms with Gasteiger partial charge in [0.25, 0.3) is 0 Å². The Balaban J connectivity index is 1.94. The molecule has 0 spiro atoms. The largest absolute Gasteiger partial charge is 0.333 e. The number of hydrogen-bond donors (Lipinski definition) is 1. The number of fused-ring (bicyclic) bond motifs is 1. The maximum Gasteiger partial charge on any atom is 0.193 e. The molecule has 0 unspecified atom stereocenters. The number of ketones is 1. The van der Waals surface area contributed by atoms with Crippen LogP contribution >= 0.6 is 11.8 Å². The van der Waals surface area contributed by atoms with E-state index in [1.807, 2.05) is 42.5 Å². The summed E-state index contributed by atoms with van der Waals surface area (Å²) in [5, 5.41) is 0.771. The van der Waals surface area contributed by atoms with Gasteiger partial charge < -0.3 is 4.98 Å². The Bertz CT molecular complexity index is 831. The number of thioether (sulfide) groups is 1. The Morgan fingerprint density at radius 2 is 2.00 bits per heavy atom. The zero-order valence-corrected chi connectivity index (χ0v) is 12.0. The first-order chi connectivity index (χ1) is 10.3. The number of imidazole rings is 1. The molecule has 0 amide bonds. The lowest BCUT2D eigenvalue weighted by Crippen LogP contribution is -2.00. The lowest BCUT2D eigenvalue weighted by atomic mass is 10.0. The number of carbonyl (C=O) groups is 1. The van der Waals surface area contributed by atoms with Gasteiger partial charge in [-0.25, -0.2) is 4.98 Å². The first-order valence-corrected chi connectivity index (χ1v) is 7.42. The zero-order valence-electron chi connectivity index (χ0n) is 11.2. The van der Waals surface area contributed by atoms with E-state index in [4.69, 9.17) is 6.42 Å². The number of H-pyrrole nitrogens is 1. The maximum atomic E-state index is 12.4. The fourth-order valence-electron chi connectivity index (χ4n) is 2.06. The van der Waals surface area contributed by atoms with Crippen molar-refractivity contribution in [3.05, 3.63) is 59.7 Å². The first kappa shape index (κ1) is 13.5. The lowest BCUT2D eigenvalue weighted by molar-refractivity contribution is 0.103. The Morgan fingerprint density at radius 1 is 1.19 bits per heavy atom. The van der Waals surface area contributed by atoms with Crippen LogP contribution in [0.1, 0.15) is 15.9 Å². The van der Waals surface area contributed by atoms with Crippen LogP contribution in [0.25, 0.3) is 11.0 Å². The van der Waals surface area contributed by atoms with Gasteiger partial charge in [0.05, 0.1) is 16.8 Å². The monoisotopic (exact) mass is 292 g/mol. The number of aromatic nitrogens is 2. The van der Waals surface area contributed by atoms with Crippen molar-refractivity contribution in [3.8, 4) is 12.3 Å². The highest BCUT2D eigenvalue weighted by Gasteiger charge is 2.11. The molecule has 2 aromatic carbocycles. The molecule has 3 nitrogen and oxygen atoms in total. The normalized spacial score (nSPS) is 10.4. The van der Waals surface area contributed by atoms with E-state index in [9.17, 15) is 4.79 Å². The zero-order chi connectivity index (χ0) is 14.7. The molecule has 1 heterocycles. The minimum Gasteiger partial charge on any atom is -0.333 e. The van der Waals surface area contributed by atoms with Crippen molar-refractivity contribution in [1.29, 1.82) is 0 Å². The molecule has 0 atom stereocenters. The Hall–Kier alpha value is -2.51. The topological polar surface area (TPSA) is 45.8 Å². The number of nitrogens with zero attached hydrogens (tertiary/aromatic N) is 1. The molecule has 0 bridgehead atoms. The quantitative estimate of drug-likeness (QED) is 0.454. The van der Waals surface area contributed by atoms with Crippen LogP contribution in [0.15, 0.2) is 53.7 Å². The molecular formula is C17H12N2OS. The number of aromatic amines is 1. The van der Waals surface area contributed by atoms with Gasteiger partial charge in [-0.2, -0.15) is 0 Å². The Labute approximate surface area is 126 Å². The van der Waals surface area contributed by atoms with Gasteiger partial charge in [-0.05, 0) is 18.2 Å². The third-order valence-corrected chi connectivity index (χ3v) is 3.83. The van der Waals surface area contributed by atoms with Gasteiger partial charge in [0.1, 0.15) is 0 Å². The average Bonchev–Trinajstić information content (AvgIpc) is 2.95. The fraction of sp³-hybridized carbons (Fsp3) is 0.0588. The van der Waals surface area contributed by atoms with Gasteiger partial charge in [0.15, 0.2) is 10.9 Å². The average molecular weight is 292 g/mol. The second-order valence-electron chi connectivity index (χ2n) is 4.46. The van der Waals surface area contributed by atoms with Gasteiger partial charge in [-0.3, -0.25) is 4.79 Å². The molecule has 4 heteroatoms. The predicted octanol–water partition coefficient (Wildman–Crippen LogP) is 3.52. The Kier molecular flexibility index (Phi) is 3.76. The van der Waals surface area contributed by atoms with Crippen LogP contribution in [0.3, 0.4) is 0 Å². The highest BCUT2D eigenvalue weighted by molar-refractivity contribution is 7.99. The number of carbonyl (C=O) groups excluding carboxylic acids is 1. The van der Waals surface area contributed by atoms with Crippen LogP contribution in [0.2, 0.25) is 0 Å². The number of hydrogen-bond acceptors (Lipinski definition) is 3. The third kappa shape index (κ3) is 2.83. The molecule has 21 heavy (non-hydrogen) atoms. The molecule has 0 saturated heterocycles. The van der Waals surface area contributed by atoms with Crippen LogP contribution in [-0.4, -0.2) is 21.5 Å². The van der Waals surface area contributed by atoms with Crippen molar-refractivity contribution in [1.82, 2.24) is 9.97 Å². The molecule has 1 aromatic heterocycles. The molecular weight excluding hydrogens is 280 g/mol. The standard InChI is InChI=1S/C17H12N2OS/c1-2-10-21-17-18-14-9-8-13(11-15(14)19-17)16(20)12-6-4-3-5-7-12/h1,3-9,11H,10H2,(H,18,19). The smallest absolute Gasteiger partial charge is 0.193 e. The fourth-order valence-corrected chi connectivity index (χ4v) is 2.63. The van der Waals surface area contributed by atoms with Crippen LogP contribution in [-0.2, 0) is 0 Å². The summed E-state index contributed by atoms with van der Waals surface area (Å²) >= 11 is 1.47. The molecule has 0 saturated carbocycles. The molecule has 0 aliphatic rings. The van der Waals surface area contributed by atoms with E-state index in [1.165, 1.54) is 11.8 Å². The van der Waals surface area contributed by atoms with Gasteiger partial charge in [-0.1, -0.05) is 48.0 Å². The summed E-state index contributed by atoms with van der Waals surface area (Å²) in [6, 6.07) is 14.7. The summed E-state index contributed by atoms with van der Waals surface area (Å²) in [6.45, 7) is 0. The van der Waals surface area contributed by atoms with E-state index in [0.29, 0.717) is 16.9 Å². The molecule has 3 aromatic rings. The lowest BCUT2D eigenvalue weighted by Gasteiger charge is -2.00. The number of terminal acetylenes is 1. The van der Waals surface area contributed by atoms with E-state index in [-0.39, 0.29) is 5.78 Å². The minimum absolute atomic E-state index is 0.00456. The van der Waals surface area contributed by atoms with E-state index in [1.54, 1.807) is 6.07 Å². The SMILES string of the molecule is C#CCSc1nc2ccc(C(=O)c3ccccc3)cc2[nH]1. The maximum absolute atomic E-state index is 12.4. The molecule has 0 radical (unpaired) electrons. The summed E-state index contributed by atoms with van der Waals surface area (Å²) in [5.74, 6) is 3.13. The van der Waals surface area contributed by atoms with E-state index in [0.717, 1.165) is 16.2 Å². The second-order valence-corrected chi connectivity index (χ2v) is 5.43. The van der Waals surface area contributed by atoms with E-state index in [2.05, 4.69) is 15.9 Å². The van der Waals surface area contributed by atoms with Crippen molar-refractivity contribution in [2.75, 3.05) is 5.75 Å². The molecule has 0 aliphatic carbocycles. The van der Waals surface area contributed by atoms with Gasteiger partial charge in [0.2, 0.25) is 0 Å². The number of benzene rings is 2. The van der Waals surface area contributed by atoms with Gasteiger partial charge >= 0.3 is 0 Å². The number of nitrogens with one attached hydrogen (secondary N) is 1. The minimum atomic E-state index is 0.00456. The van der Waals surface area contributed by atoms with Gasteiger partial charge in [-0.15, -0.1) is 6.42 Å². The van der Waals surface area contributed by atoms with Crippen molar-refractivity contribution < 1.29 is 4.79 Å². The molecule has 1 N–H and O–H groups in total. The Morgan fingerprint density at radius 3 is 2.76 bits per heavy atom. The second kappa shape index (κ2) is 5.86. The van der Waals surface area contributed by atoms with Crippen molar-refractivity contribution in [3.63, 3.8) is 0 Å². The summed E-state index contributed by atoms with van der Waals surface area (Å²) in [6.07, 6.45) is 5.24. The molecule has 0 fully saturated rings. The van der Waals surface area contributed by atoms with Crippen LogP contribution < -0.4 is 0 Å². The summed E-state index contributed by atoms with van der Waals surface area (Å²) in [4.78, 5) is 20.0. The van der Waals surface area contributed by atoms with E-state index < -0.39 is 0 Å². The van der Waals surface area contributed by atoms with E-state index >= 15 is 0 Å². The van der Waals surface area contributed by atoms with Crippen LogP contribution in [0.5, 0.6) is 0 Å².